The minimum atomic E-state index is 0.188. The topological polar surface area (TPSA) is 41.1 Å². The Hall–Kier alpha value is -2.39. The van der Waals surface area contributed by atoms with Crippen molar-refractivity contribution in [2.45, 2.75) is 118 Å². The Bertz CT molecular complexity index is 969. The summed E-state index contributed by atoms with van der Waals surface area (Å²) in [6.07, 6.45) is 20.6. The van der Waals surface area contributed by atoms with Crippen LogP contribution in [0.3, 0.4) is 0 Å². The lowest BCUT2D eigenvalue weighted by molar-refractivity contribution is -0.0980. The van der Waals surface area contributed by atoms with Crippen molar-refractivity contribution in [3.05, 3.63) is 59.5 Å². The summed E-state index contributed by atoms with van der Waals surface area (Å²) in [7, 11) is 0. The molecule has 0 aliphatic heterocycles. The molecule has 0 radical (unpaired) electrons. The summed E-state index contributed by atoms with van der Waals surface area (Å²) in [6.45, 7) is 31.8. The van der Waals surface area contributed by atoms with Gasteiger partial charge in [0, 0.05) is 41.7 Å². The SMILES string of the molecule is C#CC#CCC(C)CNCC(CC#C)NCC(=C)SC(C)(C)C.C=C.C=O.CC.CC1CCCCC1.CCc1cccc(Cl)c1. The Labute approximate surface area is 289 Å². The number of benzene rings is 1. The number of thioether (sulfide) groups is 1. The van der Waals surface area contributed by atoms with Gasteiger partial charge in [0.1, 0.15) is 6.79 Å². The highest BCUT2D eigenvalue weighted by atomic mass is 35.5. The Morgan fingerprint density at radius 1 is 1.09 bits per heavy atom. The summed E-state index contributed by atoms with van der Waals surface area (Å²) in [5.41, 5.74) is 1.29. The zero-order valence-electron chi connectivity index (χ0n) is 30.0. The molecule has 1 aromatic rings. The molecule has 1 saturated carbocycles. The van der Waals surface area contributed by atoms with Crippen molar-refractivity contribution in [3.8, 4) is 36.5 Å². The molecule has 5 heteroatoms. The number of aryl methyl sites for hydroxylation is 1. The van der Waals surface area contributed by atoms with Crippen molar-refractivity contribution in [3.63, 3.8) is 0 Å². The van der Waals surface area contributed by atoms with Crippen molar-refractivity contribution < 1.29 is 4.79 Å². The first-order chi connectivity index (χ1) is 21.5. The van der Waals surface area contributed by atoms with E-state index in [0.717, 1.165) is 48.3 Å². The first-order valence-electron chi connectivity index (χ1n) is 16.2. The van der Waals surface area contributed by atoms with Crippen molar-refractivity contribution in [1.29, 1.82) is 0 Å². The minimum absolute atomic E-state index is 0.188. The standard InChI is InChI=1S/C20H30N2S.C8H9Cl.C7H14.C2H6.C2H4.CH2O/c1-8-10-11-13-17(3)14-21-16-19(12-9-2)22-15-18(4)23-20(5,6)7;1-2-7-4-3-5-8(9)6-7;1-7-5-3-2-4-6-7;3*1-2/h1-2,17,19,21-22H,4,12-16H2,3,5-7H3;3-6H,2H2,1H3;7H,2-6H2,1H3;1-2H3;1-2H2;1H2. The van der Waals surface area contributed by atoms with Gasteiger partial charge in [-0.25, -0.2) is 0 Å². The fraction of sp³-hybridized carbons (Fsp3) is 0.575. The Balaban J connectivity index is -0.000000308. The van der Waals surface area contributed by atoms with Gasteiger partial charge in [-0.2, -0.15) is 0 Å². The molecular weight excluding hydrogens is 592 g/mol. The van der Waals surface area contributed by atoms with E-state index in [0.29, 0.717) is 12.3 Å². The molecule has 1 aliphatic carbocycles. The smallest absolute Gasteiger partial charge is 0.106 e. The third-order valence-corrected chi connectivity index (χ3v) is 7.37. The van der Waals surface area contributed by atoms with E-state index in [4.69, 9.17) is 29.2 Å². The van der Waals surface area contributed by atoms with Crippen LogP contribution in [0.5, 0.6) is 0 Å². The van der Waals surface area contributed by atoms with Gasteiger partial charge in [0.05, 0.1) is 0 Å². The maximum atomic E-state index is 8.00. The quantitative estimate of drug-likeness (QED) is 0.184. The number of hydrogen-bond donors (Lipinski definition) is 2. The fourth-order valence-electron chi connectivity index (χ4n) is 4.00. The van der Waals surface area contributed by atoms with Crippen LogP contribution in [-0.4, -0.2) is 37.2 Å². The number of carbonyl (C=O) groups excluding carboxylic acids is 1. The van der Waals surface area contributed by atoms with E-state index in [1.165, 1.54) is 37.7 Å². The van der Waals surface area contributed by atoms with Gasteiger partial charge in [-0.3, -0.25) is 0 Å². The number of hydrogen-bond acceptors (Lipinski definition) is 4. The van der Waals surface area contributed by atoms with Gasteiger partial charge < -0.3 is 15.4 Å². The monoisotopic (exact) mass is 656 g/mol. The Morgan fingerprint density at radius 3 is 2.11 bits per heavy atom. The number of halogens is 1. The van der Waals surface area contributed by atoms with E-state index in [1.54, 1.807) is 11.8 Å². The van der Waals surface area contributed by atoms with Crippen LogP contribution in [-0.2, 0) is 11.2 Å². The third-order valence-electron chi connectivity index (χ3n) is 6.09. The van der Waals surface area contributed by atoms with E-state index in [9.17, 15) is 0 Å². The molecule has 45 heavy (non-hydrogen) atoms. The summed E-state index contributed by atoms with van der Waals surface area (Å²) in [4.78, 5) is 9.14. The van der Waals surface area contributed by atoms with E-state index < -0.39 is 0 Å². The van der Waals surface area contributed by atoms with Gasteiger partial charge in [-0.05, 0) is 59.2 Å². The molecule has 2 N–H and O–H groups in total. The lowest BCUT2D eigenvalue weighted by atomic mass is 9.91. The lowest BCUT2D eigenvalue weighted by Crippen LogP contribution is -2.40. The maximum absolute atomic E-state index is 8.00. The second-order valence-corrected chi connectivity index (χ2v) is 13.8. The molecule has 0 saturated heterocycles. The van der Waals surface area contributed by atoms with Crippen LogP contribution in [0.2, 0.25) is 5.02 Å². The number of nitrogens with one attached hydrogen (secondary N) is 2. The second-order valence-electron chi connectivity index (χ2n) is 11.4. The van der Waals surface area contributed by atoms with Gasteiger partial charge in [-0.1, -0.05) is 124 Å². The lowest BCUT2D eigenvalue weighted by Gasteiger charge is -2.22. The highest BCUT2D eigenvalue weighted by Gasteiger charge is 2.14. The van der Waals surface area contributed by atoms with Crippen molar-refractivity contribution in [2.24, 2.45) is 11.8 Å². The van der Waals surface area contributed by atoms with E-state index in [1.807, 2.05) is 38.8 Å². The molecule has 1 fully saturated rings. The molecule has 0 amide bonds. The van der Waals surface area contributed by atoms with E-state index >= 15 is 0 Å². The van der Waals surface area contributed by atoms with Crippen LogP contribution in [0, 0.1) is 48.4 Å². The molecular formula is C40H65ClN2OS. The average Bonchev–Trinajstić information content (AvgIpc) is 3.03. The summed E-state index contributed by atoms with van der Waals surface area (Å²) in [5.74, 6) is 12.2. The number of carbonyl (C=O) groups is 1. The van der Waals surface area contributed by atoms with Gasteiger partial charge in [0.25, 0.3) is 0 Å². The molecule has 2 unspecified atom stereocenters. The minimum Gasteiger partial charge on any atom is -0.315 e. The highest BCUT2D eigenvalue weighted by Crippen LogP contribution is 2.29. The molecule has 0 spiro atoms. The molecule has 1 aromatic carbocycles. The molecule has 0 heterocycles. The largest absolute Gasteiger partial charge is 0.315 e. The van der Waals surface area contributed by atoms with Crippen LogP contribution in [0.1, 0.15) is 106 Å². The number of rotatable bonds is 11. The van der Waals surface area contributed by atoms with Crippen LogP contribution in [0.4, 0.5) is 0 Å². The van der Waals surface area contributed by atoms with Crippen LogP contribution < -0.4 is 10.6 Å². The third kappa shape index (κ3) is 37.7. The van der Waals surface area contributed by atoms with Gasteiger partial charge >= 0.3 is 0 Å². The first-order valence-corrected chi connectivity index (χ1v) is 17.4. The van der Waals surface area contributed by atoms with Crippen LogP contribution >= 0.6 is 23.4 Å². The molecule has 3 nitrogen and oxygen atoms in total. The van der Waals surface area contributed by atoms with Crippen LogP contribution in [0.25, 0.3) is 0 Å². The molecule has 0 aromatic heterocycles. The van der Waals surface area contributed by atoms with E-state index in [2.05, 4.69) is 102 Å². The molecule has 2 atom stereocenters. The average molecular weight is 657 g/mol. The summed E-state index contributed by atoms with van der Waals surface area (Å²) in [6, 6.07) is 8.18. The first kappa shape index (κ1) is 49.5. The molecule has 254 valence electrons. The maximum Gasteiger partial charge on any atom is 0.106 e. The fourth-order valence-corrected chi connectivity index (χ4v) is 5.24. The second kappa shape index (κ2) is 36.1. The summed E-state index contributed by atoms with van der Waals surface area (Å²) in [5, 5.41) is 7.77. The predicted molar refractivity (Wildman–Crippen MR) is 208 cm³/mol. The predicted octanol–water partition coefficient (Wildman–Crippen LogP) is 10.4. The van der Waals surface area contributed by atoms with Gasteiger partial charge in [0.2, 0.25) is 0 Å². The van der Waals surface area contributed by atoms with Gasteiger partial charge in [-0.15, -0.1) is 43.7 Å². The van der Waals surface area contributed by atoms with Crippen molar-refractivity contribution in [1.82, 2.24) is 10.6 Å². The van der Waals surface area contributed by atoms with Crippen LogP contribution in [0.15, 0.2) is 48.9 Å². The van der Waals surface area contributed by atoms with Gasteiger partial charge in [0.15, 0.2) is 0 Å². The summed E-state index contributed by atoms with van der Waals surface area (Å²) < 4.78 is 0.188. The normalized spacial score (nSPS) is 12.9. The zero-order chi connectivity index (χ0) is 35.5. The molecule has 0 bridgehead atoms. The zero-order valence-corrected chi connectivity index (χ0v) is 31.6. The Morgan fingerprint density at radius 2 is 1.69 bits per heavy atom. The highest BCUT2D eigenvalue weighted by molar-refractivity contribution is 8.04. The Kier molecular flexibility index (Phi) is 39.7. The molecule has 1 aliphatic rings. The molecule has 2 rings (SSSR count). The number of terminal acetylenes is 2. The summed E-state index contributed by atoms with van der Waals surface area (Å²) >= 11 is 7.52. The van der Waals surface area contributed by atoms with Crippen molar-refractivity contribution in [2.75, 3.05) is 19.6 Å². The van der Waals surface area contributed by atoms with Crippen molar-refractivity contribution >= 4 is 30.2 Å². The van der Waals surface area contributed by atoms with E-state index in [-0.39, 0.29) is 10.8 Å².